The Bertz CT molecular complexity index is 1260. The number of hydrogen-bond acceptors (Lipinski definition) is 6. The van der Waals surface area contributed by atoms with Crippen LogP contribution in [0.25, 0.3) is 11.1 Å². The van der Waals surface area contributed by atoms with Gasteiger partial charge in [0.15, 0.2) is 0 Å². The first-order valence-corrected chi connectivity index (χ1v) is 11.7. The smallest absolute Gasteiger partial charge is 0.348 e. The Labute approximate surface area is 206 Å². The van der Waals surface area contributed by atoms with Crippen LogP contribution in [0.1, 0.15) is 29.1 Å². The first kappa shape index (κ1) is 23.4. The molecule has 0 aliphatic carbocycles. The molecule has 0 unspecified atom stereocenters. The van der Waals surface area contributed by atoms with Crippen LogP contribution >= 0.6 is 34.5 Å². The first-order chi connectivity index (χ1) is 15.6. The highest BCUT2D eigenvalue weighted by molar-refractivity contribution is 7.17. The summed E-state index contributed by atoms with van der Waals surface area (Å²) in [6, 6.07) is 12.4. The van der Waals surface area contributed by atoms with E-state index in [2.05, 4.69) is 5.32 Å². The van der Waals surface area contributed by atoms with E-state index in [1.54, 1.807) is 49.4 Å². The molecule has 1 aliphatic heterocycles. The molecule has 0 spiro atoms. The number of thiophene rings is 1. The zero-order valence-electron chi connectivity index (χ0n) is 18.5. The van der Waals surface area contributed by atoms with E-state index >= 15 is 0 Å². The van der Waals surface area contributed by atoms with Crippen molar-refractivity contribution in [3.05, 3.63) is 62.3 Å². The Morgan fingerprint density at radius 3 is 2.55 bits per heavy atom. The number of nitrogens with zero attached hydrogens (tertiary/aromatic N) is 1. The van der Waals surface area contributed by atoms with Gasteiger partial charge in [0.25, 0.3) is 5.91 Å². The van der Waals surface area contributed by atoms with Gasteiger partial charge in [-0.25, -0.2) is 4.79 Å². The molecule has 0 saturated carbocycles. The van der Waals surface area contributed by atoms with Gasteiger partial charge in [-0.3, -0.25) is 4.79 Å². The highest BCUT2D eigenvalue weighted by Crippen LogP contribution is 2.44. The Morgan fingerprint density at radius 1 is 1.12 bits per heavy atom. The van der Waals surface area contributed by atoms with Crippen molar-refractivity contribution >= 4 is 57.8 Å². The number of likely N-dealkylation sites (N-methyl/N-ethyl adjacent to an activating group) is 1. The summed E-state index contributed by atoms with van der Waals surface area (Å²) < 4.78 is 11.7. The number of nitrogens with one attached hydrogen (secondary N) is 1. The van der Waals surface area contributed by atoms with Crippen LogP contribution in [-0.4, -0.2) is 31.6 Å². The number of anilines is 2. The number of benzene rings is 2. The van der Waals surface area contributed by atoms with Crippen LogP contribution in [0.3, 0.4) is 0 Å². The highest BCUT2D eigenvalue weighted by atomic mass is 35.5. The normalized spacial score (nSPS) is 14.5. The first-order valence-electron chi connectivity index (χ1n) is 10.1. The average molecular weight is 505 g/mol. The number of hydrogen-bond donors (Lipinski definition) is 1. The van der Waals surface area contributed by atoms with Gasteiger partial charge in [-0.2, -0.15) is 0 Å². The number of ether oxygens (including phenoxy) is 2. The van der Waals surface area contributed by atoms with Gasteiger partial charge in [0.2, 0.25) is 0 Å². The standard InChI is InChI=1S/C24H22Cl2N2O4S/c1-24(2)23(30)28(3)21-16(12-32-22(29)19-9-10-20(26)33-19)14(6-7-17(21)27-24)15-11-13(25)5-8-18(15)31-4/h5-11,27H,12H2,1-4H3. The van der Waals surface area contributed by atoms with E-state index in [1.165, 1.54) is 0 Å². The highest BCUT2D eigenvalue weighted by Gasteiger charge is 2.38. The monoisotopic (exact) mass is 504 g/mol. The second kappa shape index (κ2) is 8.89. The third kappa shape index (κ3) is 4.40. The molecule has 0 saturated heterocycles. The van der Waals surface area contributed by atoms with E-state index in [0.717, 1.165) is 28.2 Å². The lowest BCUT2D eigenvalue weighted by Crippen LogP contribution is -2.52. The molecule has 1 amide bonds. The van der Waals surface area contributed by atoms with E-state index in [4.69, 9.17) is 32.7 Å². The topological polar surface area (TPSA) is 67.9 Å². The number of carbonyl (C=O) groups excluding carboxylic acids is 2. The minimum Gasteiger partial charge on any atom is -0.496 e. The number of rotatable bonds is 5. The van der Waals surface area contributed by atoms with Crippen molar-refractivity contribution in [3.8, 4) is 16.9 Å². The second-order valence-corrected chi connectivity index (χ2v) is 10.3. The molecule has 33 heavy (non-hydrogen) atoms. The summed E-state index contributed by atoms with van der Waals surface area (Å²) in [7, 11) is 3.29. The molecule has 2 aromatic carbocycles. The fourth-order valence-corrected chi connectivity index (χ4v) is 5.06. The zero-order chi connectivity index (χ0) is 23.9. The number of methoxy groups -OCH3 is 1. The van der Waals surface area contributed by atoms with Crippen molar-refractivity contribution in [2.45, 2.75) is 26.0 Å². The maximum atomic E-state index is 13.0. The molecule has 0 radical (unpaired) electrons. The van der Waals surface area contributed by atoms with Crippen LogP contribution in [0.15, 0.2) is 42.5 Å². The van der Waals surface area contributed by atoms with Crippen LogP contribution in [0, 0.1) is 0 Å². The molecule has 0 fully saturated rings. The molecule has 6 nitrogen and oxygen atoms in total. The van der Waals surface area contributed by atoms with Gasteiger partial charge in [0.1, 0.15) is 22.8 Å². The van der Waals surface area contributed by atoms with Crippen molar-refractivity contribution in [1.29, 1.82) is 0 Å². The molecule has 4 rings (SSSR count). The second-order valence-electron chi connectivity index (χ2n) is 8.13. The van der Waals surface area contributed by atoms with Crippen molar-refractivity contribution in [3.63, 3.8) is 0 Å². The molecule has 3 aromatic rings. The summed E-state index contributed by atoms with van der Waals surface area (Å²) in [6.45, 7) is 3.58. The van der Waals surface area contributed by atoms with Crippen molar-refractivity contribution in [1.82, 2.24) is 0 Å². The fourth-order valence-electron chi connectivity index (χ4n) is 3.95. The van der Waals surface area contributed by atoms with Gasteiger partial charge in [0, 0.05) is 23.2 Å². The molecule has 172 valence electrons. The van der Waals surface area contributed by atoms with E-state index < -0.39 is 11.5 Å². The molecule has 1 N–H and O–H groups in total. The number of fused-ring (bicyclic) bond motifs is 1. The minimum atomic E-state index is -0.779. The third-order valence-corrected chi connectivity index (χ3v) is 6.92. The van der Waals surface area contributed by atoms with E-state index in [1.807, 2.05) is 26.0 Å². The van der Waals surface area contributed by atoms with E-state index in [9.17, 15) is 9.59 Å². The maximum Gasteiger partial charge on any atom is 0.348 e. The van der Waals surface area contributed by atoms with Gasteiger partial charge < -0.3 is 19.7 Å². The van der Waals surface area contributed by atoms with Crippen molar-refractivity contribution in [2.75, 3.05) is 24.4 Å². The molecule has 0 bridgehead atoms. The number of esters is 1. The number of amides is 1. The Morgan fingerprint density at radius 2 is 1.88 bits per heavy atom. The van der Waals surface area contributed by atoms with Crippen LogP contribution in [-0.2, 0) is 16.1 Å². The maximum absolute atomic E-state index is 13.0. The zero-order valence-corrected chi connectivity index (χ0v) is 20.8. The van der Waals surface area contributed by atoms with Crippen LogP contribution in [0.4, 0.5) is 11.4 Å². The molecular weight excluding hydrogens is 483 g/mol. The predicted molar refractivity (Wildman–Crippen MR) is 133 cm³/mol. The molecule has 1 aromatic heterocycles. The average Bonchev–Trinajstić information content (AvgIpc) is 3.21. The SMILES string of the molecule is COc1ccc(Cl)cc1-c1ccc2c(c1COC(=O)c1ccc(Cl)s1)N(C)C(=O)C(C)(C)N2. The van der Waals surface area contributed by atoms with Gasteiger partial charge in [-0.1, -0.05) is 29.3 Å². The third-order valence-electron chi connectivity index (χ3n) is 5.48. The van der Waals surface area contributed by atoms with Crippen molar-refractivity contribution < 1.29 is 19.1 Å². The minimum absolute atomic E-state index is 0.0672. The van der Waals surface area contributed by atoms with Crippen molar-refractivity contribution in [2.24, 2.45) is 0 Å². The summed E-state index contributed by atoms with van der Waals surface area (Å²) in [4.78, 5) is 27.7. The van der Waals surface area contributed by atoms with Crippen LogP contribution in [0.2, 0.25) is 9.36 Å². The van der Waals surface area contributed by atoms with Crippen LogP contribution in [0.5, 0.6) is 5.75 Å². The predicted octanol–water partition coefficient (Wildman–Crippen LogP) is 6.25. The summed E-state index contributed by atoms with van der Waals surface area (Å²) in [5, 5.41) is 3.82. The number of carbonyl (C=O) groups is 2. The Kier molecular flexibility index (Phi) is 6.31. The lowest BCUT2D eigenvalue weighted by atomic mass is 9.92. The van der Waals surface area contributed by atoms with E-state index in [-0.39, 0.29) is 12.5 Å². The summed E-state index contributed by atoms with van der Waals surface area (Å²) >= 11 is 13.4. The Balaban J connectivity index is 1.85. The molecule has 9 heteroatoms. The van der Waals surface area contributed by atoms with Gasteiger partial charge in [-0.05, 0) is 55.8 Å². The Hall–Kier alpha value is -2.74. The quantitative estimate of drug-likeness (QED) is 0.415. The van der Waals surface area contributed by atoms with Gasteiger partial charge >= 0.3 is 5.97 Å². The molecule has 2 heterocycles. The molecular formula is C24H22Cl2N2O4S. The summed E-state index contributed by atoms with van der Waals surface area (Å²) in [5.74, 6) is 0.00413. The lowest BCUT2D eigenvalue weighted by Gasteiger charge is -2.39. The van der Waals surface area contributed by atoms with Gasteiger partial charge in [-0.15, -0.1) is 11.3 Å². The summed E-state index contributed by atoms with van der Waals surface area (Å²) in [5.41, 5.74) is 2.74. The van der Waals surface area contributed by atoms with Crippen LogP contribution < -0.4 is 15.0 Å². The lowest BCUT2D eigenvalue weighted by molar-refractivity contribution is -0.121. The fraction of sp³-hybridized carbons (Fsp3) is 0.250. The van der Waals surface area contributed by atoms with Gasteiger partial charge in [0.05, 0.1) is 22.8 Å². The van der Waals surface area contributed by atoms with E-state index in [0.29, 0.717) is 31.2 Å². The molecule has 0 atom stereocenters. The summed E-state index contributed by atoms with van der Waals surface area (Å²) in [6.07, 6.45) is 0. The molecule has 1 aliphatic rings. The largest absolute Gasteiger partial charge is 0.496 e. The number of halogens is 2.